The van der Waals surface area contributed by atoms with E-state index in [1.165, 1.54) is 10.4 Å². The molecule has 3 aromatic carbocycles. The van der Waals surface area contributed by atoms with Gasteiger partial charge in [0.25, 0.3) is 14.2 Å². The van der Waals surface area contributed by atoms with E-state index in [4.69, 9.17) is 4.43 Å². The summed E-state index contributed by atoms with van der Waals surface area (Å²) in [6, 6.07) is 26.7. The van der Waals surface area contributed by atoms with Gasteiger partial charge >= 0.3 is 0 Å². The molecule has 0 heterocycles. The Labute approximate surface area is 204 Å². The topological polar surface area (TPSA) is 65.4 Å². The lowest BCUT2D eigenvalue weighted by molar-refractivity contribution is 0.0963. The second-order valence-electron chi connectivity index (χ2n) is 9.56. The van der Waals surface area contributed by atoms with Crippen molar-refractivity contribution >= 4 is 30.3 Å². The monoisotopic (exact) mass is 471 g/mol. The molecule has 3 rings (SSSR count). The molecule has 0 aliphatic carbocycles. The fourth-order valence-corrected chi connectivity index (χ4v) is 9.02. The van der Waals surface area contributed by atoms with Gasteiger partial charge in [0.1, 0.15) is 0 Å². The van der Waals surface area contributed by atoms with E-state index in [2.05, 4.69) is 80.7 Å². The predicted molar refractivity (Wildman–Crippen MR) is 141 cm³/mol. The number of nitrogens with one attached hydrogen (secondary N) is 1. The first-order valence-electron chi connectivity index (χ1n) is 11.4. The summed E-state index contributed by atoms with van der Waals surface area (Å²) < 4.78 is 7.02. The lowest BCUT2D eigenvalue weighted by atomic mass is 10.0. The minimum Gasteiger partial charge on any atom is -0.403 e. The first-order valence-corrected chi connectivity index (χ1v) is 13.3. The zero-order chi connectivity index (χ0) is 24.9. The minimum atomic E-state index is -2.76. The second kappa shape index (κ2) is 10.2. The van der Waals surface area contributed by atoms with Crippen molar-refractivity contribution in [3.8, 4) is 6.07 Å². The van der Waals surface area contributed by atoms with Crippen molar-refractivity contribution < 1.29 is 9.22 Å². The number of hydrogen-bond donors (Lipinski definition) is 1. The number of carbonyl (C=O) groups is 1. The van der Waals surface area contributed by atoms with Gasteiger partial charge in [-0.3, -0.25) is 4.79 Å². The summed E-state index contributed by atoms with van der Waals surface area (Å²) in [7, 11) is 2.61. The zero-order valence-electron chi connectivity index (χ0n) is 20.8. The van der Waals surface area contributed by atoms with Gasteiger partial charge in [0, 0.05) is 26.8 Å². The van der Waals surface area contributed by atoms with E-state index in [1.54, 1.807) is 13.1 Å². The van der Waals surface area contributed by atoms with Gasteiger partial charge in [0.15, 0.2) is 0 Å². The number of carbonyl (C=O) groups excluding carboxylic acids is 1. The highest BCUT2D eigenvalue weighted by atomic mass is 28.4. The van der Waals surface area contributed by atoms with E-state index in [9.17, 15) is 10.1 Å². The van der Waals surface area contributed by atoms with Crippen molar-refractivity contribution in [3.63, 3.8) is 0 Å². The standard InChI is InChI=1S/C28H33N3O2Si/c1-28(2,3)34(23-13-9-7-10-14-23,24-15-11-8-12-16-24)33-20-22-18-26(31(5)6)25(27(32)30-4)17-21(22)19-29/h7-18H,20H2,1-6H3,(H,30,32). The van der Waals surface area contributed by atoms with E-state index in [0.29, 0.717) is 11.1 Å². The van der Waals surface area contributed by atoms with Crippen LogP contribution in [0.15, 0.2) is 72.8 Å². The highest BCUT2D eigenvalue weighted by molar-refractivity contribution is 6.99. The number of nitriles is 1. The summed E-state index contributed by atoms with van der Waals surface area (Å²) >= 11 is 0. The maximum atomic E-state index is 12.5. The highest BCUT2D eigenvalue weighted by Gasteiger charge is 2.50. The third kappa shape index (κ3) is 4.77. The molecule has 0 atom stereocenters. The number of rotatable bonds is 7. The largest absolute Gasteiger partial charge is 0.403 e. The van der Waals surface area contributed by atoms with Crippen molar-refractivity contribution in [3.05, 3.63) is 89.5 Å². The lowest BCUT2D eigenvalue weighted by Gasteiger charge is -2.43. The third-order valence-electron chi connectivity index (χ3n) is 6.16. The summed E-state index contributed by atoms with van der Waals surface area (Å²) in [6.07, 6.45) is 0. The number of hydrogen-bond acceptors (Lipinski definition) is 4. The van der Waals surface area contributed by atoms with Crippen molar-refractivity contribution in [1.29, 1.82) is 5.26 Å². The summed E-state index contributed by atoms with van der Waals surface area (Å²) in [5, 5.41) is 14.8. The molecule has 0 aliphatic rings. The molecule has 1 amide bonds. The maximum Gasteiger partial charge on any atom is 0.261 e. The molecule has 0 radical (unpaired) electrons. The number of nitrogens with zero attached hydrogens (tertiary/aromatic N) is 2. The molecule has 34 heavy (non-hydrogen) atoms. The van der Waals surface area contributed by atoms with Gasteiger partial charge in [-0.05, 0) is 33.1 Å². The first kappa shape index (κ1) is 25.2. The normalized spacial score (nSPS) is 11.6. The molecule has 6 heteroatoms. The van der Waals surface area contributed by atoms with Crippen LogP contribution in [0.3, 0.4) is 0 Å². The fraction of sp³-hybridized carbons (Fsp3) is 0.286. The average Bonchev–Trinajstić information content (AvgIpc) is 2.83. The van der Waals surface area contributed by atoms with Crippen LogP contribution in [0.1, 0.15) is 42.3 Å². The van der Waals surface area contributed by atoms with Crippen molar-refractivity contribution in [2.45, 2.75) is 32.4 Å². The lowest BCUT2D eigenvalue weighted by Crippen LogP contribution is -2.66. The molecule has 3 aromatic rings. The SMILES string of the molecule is CNC(=O)c1cc(C#N)c(CO[Si](c2ccccc2)(c2ccccc2)C(C)(C)C)cc1N(C)C. The maximum absolute atomic E-state index is 12.5. The van der Waals surface area contributed by atoms with Gasteiger partial charge in [-0.1, -0.05) is 81.4 Å². The molecule has 176 valence electrons. The van der Waals surface area contributed by atoms with Gasteiger partial charge < -0.3 is 14.6 Å². The zero-order valence-corrected chi connectivity index (χ0v) is 21.8. The Balaban J connectivity index is 2.17. The van der Waals surface area contributed by atoms with Gasteiger partial charge in [-0.2, -0.15) is 5.26 Å². The van der Waals surface area contributed by atoms with Crippen molar-refractivity contribution in [2.24, 2.45) is 0 Å². The molecule has 0 aromatic heterocycles. The molecule has 0 spiro atoms. The Bertz CT molecular complexity index is 1140. The van der Waals surface area contributed by atoms with Crippen LogP contribution in [0.5, 0.6) is 0 Å². The van der Waals surface area contributed by atoms with Crippen molar-refractivity contribution in [2.75, 3.05) is 26.0 Å². The molecule has 1 N–H and O–H groups in total. The Morgan fingerprint density at radius 3 is 1.94 bits per heavy atom. The summed E-state index contributed by atoms with van der Waals surface area (Å²) in [6.45, 7) is 6.95. The smallest absolute Gasteiger partial charge is 0.261 e. The van der Waals surface area contributed by atoms with E-state index in [1.807, 2.05) is 37.2 Å². The molecule has 0 aliphatic heterocycles. The Morgan fingerprint density at radius 2 is 1.53 bits per heavy atom. The van der Waals surface area contributed by atoms with E-state index >= 15 is 0 Å². The van der Waals surface area contributed by atoms with Gasteiger partial charge in [0.05, 0.1) is 23.8 Å². The van der Waals surface area contributed by atoms with Crippen LogP contribution < -0.4 is 20.6 Å². The van der Waals surface area contributed by atoms with Crippen LogP contribution in [-0.2, 0) is 11.0 Å². The summed E-state index contributed by atoms with van der Waals surface area (Å²) in [5.74, 6) is -0.223. The van der Waals surface area contributed by atoms with Crippen LogP contribution in [0.2, 0.25) is 5.04 Å². The molecule has 0 saturated heterocycles. The molecule has 0 fully saturated rings. The van der Waals surface area contributed by atoms with Crippen LogP contribution >= 0.6 is 0 Å². The molecular weight excluding hydrogens is 438 g/mol. The number of anilines is 1. The number of benzene rings is 3. The average molecular weight is 472 g/mol. The van der Waals surface area contributed by atoms with E-state index < -0.39 is 8.32 Å². The fourth-order valence-electron chi connectivity index (χ4n) is 4.49. The molecule has 0 unspecified atom stereocenters. The predicted octanol–water partition coefficient (Wildman–Crippen LogP) is 4.06. The number of amides is 1. The van der Waals surface area contributed by atoms with Crippen LogP contribution in [0.4, 0.5) is 5.69 Å². The molecule has 0 saturated carbocycles. The second-order valence-corrected chi connectivity index (χ2v) is 13.9. The van der Waals surface area contributed by atoms with Crippen LogP contribution in [0.25, 0.3) is 0 Å². The van der Waals surface area contributed by atoms with E-state index in [-0.39, 0.29) is 17.6 Å². The Hall–Kier alpha value is -3.40. The first-order chi connectivity index (χ1) is 16.2. The van der Waals surface area contributed by atoms with E-state index in [0.717, 1.165) is 11.3 Å². The summed E-state index contributed by atoms with van der Waals surface area (Å²) in [5.41, 5.74) is 2.44. The summed E-state index contributed by atoms with van der Waals surface area (Å²) in [4.78, 5) is 14.4. The van der Waals surface area contributed by atoms with Gasteiger partial charge in [0.2, 0.25) is 0 Å². The highest BCUT2D eigenvalue weighted by Crippen LogP contribution is 2.37. The Kier molecular flexibility index (Phi) is 7.60. The van der Waals surface area contributed by atoms with Crippen molar-refractivity contribution in [1.82, 2.24) is 5.32 Å². The molecule has 5 nitrogen and oxygen atoms in total. The third-order valence-corrected chi connectivity index (χ3v) is 11.1. The Morgan fingerprint density at radius 1 is 1.00 bits per heavy atom. The minimum absolute atomic E-state index is 0.172. The van der Waals surface area contributed by atoms with Gasteiger partial charge in [-0.15, -0.1) is 0 Å². The molecular formula is C28H33N3O2Si. The van der Waals surface area contributed by atoms with Crippen LogP contribution in [-0.4, -0.2) is 35.4 Å². The molecule has 0 bridgehead atoms. The van der Waals surface area contributed by atoms with Gasteiger partial charge in [-0.25, -0.2) is 0 Å². The van der Waals surface area contributed by atoms with Crippen LogP contribution in [0, 0.1) is 11.3 Å². The quantitative estimate of drug-likeness (QED) is 0.528.